The molecule has 0 saturated carbocycles. The minimum Gasteiger partial charge on any atom is -0.486 e. The summed E-state index contributed by atoms with van der Waals surface area (Å²) in [5.74, 6) is -1.05. The smallest absolute Gasteiger partial charge is 0.486 e. The van der Waals surface area contributed by atoms with E-state index >= 15 is 0 Å². The Morgan fingerprint density at radius 1 is 1.13 bits per heavy atom. The molecule has 1 aromatic heterocycles. The Bertz CT molecular complexity index is 1050. The number of halogens is 3. The van der Waals surface area contributed by atoms with E-state index in [1.807, 2.05) is 6.20 Å². The Morgan fingerprint density at radius 2 is 1.81 bits per heavy atom. The number of fused-ring (bicyclic) bond motifs is 2. The van der Waals surface area contributed by atoms with Crippen LogP contribution in [0.5, 0.6) is 11.5 Å². The highest BCUT2D eigenvalue weighted by Gasteiger charge is 2.38. The highest BCUT2D eigenvalue weighted by atomic mass is 32.2. The lowest BCUT2D eigenvalue weighted by atomic mass is 10.1. The van der Waals surface area contributed by atoms with Gasteiger partial charge in [0, 0.05) is 29.7 Å². The minimum atomic E-state index is -5.08. The number of H-pyrrole nitrogens is 1. The zero-order valence-corrected chi connectivity index (χ0v) is 17.4. The average molecular weight is 454 g/mol. The molecule has 0 unspecified atom stereocenters. The molecule has 0 saturated heterocycles. The quantitative estimate of drug-likeness (QED) is 0.490. The molecule has 0 atom stereocenters. The molecule has 4 rings (SSSR count). The summed E-state index contributed by atoms with van der Waals surface area (Å²) in [5, 5.41) is 11.9. The third-order valence-electron chi connectivity index (χ3n) is 4.45. The standard InChI is InChI=1S/C19H20N2O2S.C2HF3O2/c1-24-19-10-18-17(22-6-7-23-18)9-15(19)12-20-11-13-2-3-16-14(8-13)4-5-21-16;3-2(4,5)1(6)7/h2-5,8-10,20-21H,6-7,11-12H2,1H3;(H,6,7). The van der Waals surface area contributed by atoms with Gasteiger partial charge >= 0.3 is 12.1 Å². The molecule has 0 fully saturated rings. The maximum Gasteiger partial charge on any atom is 0.490 e. The number of nitrogens with one attached hydrogen (secondary N) is 2. The molecule has 3 aromatic rings. The van der Waals surface area contributed by atoms with Crippen LogP contribution < -0.4 is 14.8 Å². The van der Waals surface area contributed by atoms with Crippen molar-refractivity contribution in [3.63, 3.8) is 0 Å². The second-order valence-electron chi connectivity index (χ2n) is 6.61. The fraction of sp³-hybridized carbons (Fsp3) is 0.286. The Kier molecular flexibility index (Phi) is 7.34. The van der Waals surface area contributed by atoms with Crippen LogP contribution in [0.4, 0.5) is 13.2 Å². The predicted octanol–water partition coefficient (Wildman–Crippen LogP) is 4.58. The zero-order valence-electron chi connectivity index (χ0n) is 16.6. The first kappa shape index (κ1) is 22.8. The SMILES string of the molecule is CSc1cc2c(cc1CNCc1ccc3[nH]ccc3c1)OCCO2.O=C(O)C(F)(F)F. The molecule has 2 aromatic carbocycles. The molecule has 1 aliphatic rings. The summed E-state index contributed by atoms with van der Waals surface area (Å²) in [4.78, 5) is 13.3. The van der Waals surface area contributed by atoms with Gasteiger partial charge < -0.3 is 24.9 Å². The van der Waals surface area contributed by atoms with Crippen molar-refractivity contribution < 1.29 is 32.5 Å². The van der Waals surface area contributed by atoms with Crippen molar-refractivity contribution >= 4 is 28.6 Å². The first-order chi connectivity index (χ1) is 14.8. The molecule has 31 heavy (non-hydrogen) atoms. The van der Waals surface area contributed by atoms with Crippen LogP contribution in [0.3, 0.4) is 0 Å². The minimum absolute atomic E-state index is 0.620. The Balaban J connectivity index is 0.000000339. The second-order valence-corrected chi connectivity index (χ2v) is 7.46. The largest absolute Gasteiger partial charge is 0.490 e. The normalized spacial score (nSPS) is 12.9. The van der Waals surface area contributed by atoms with E-state index in [0.717, 1.165) is 24.6 Å². The fourth-order valence-electron chi connectivity index (χ4n) is 2.99. The molecule has 0 radical (unpaired) electrons. The number of rotatable bonds is 5. The number of carboxylic acids is 1. The van der Waals surface area contributed by atoms with Crippen LogP contribution in [0.15, 0.2) is 47.5 Å². The topological polar surface area (TPSA) is 83.6 Å². The van der Waals surface area contributed by atoms with E-state index in [2.05, 4.69) is 53.0 Å². The summed E-state index contributed by atoms with van der Waals surface area (Å²) in [6.07, 6.45) is -1.02. The zero-order chi connectivity index (χ0) is 22.4. The van der Waals surface area contributed by atoms with E-state index in [4.69, 9.17) is 19.4 Å². The number of aromatic amines is 1. The Morgan fingerprint density at radius 3 is 2.45 bits per heavy atom. The van der Waals surface area contributed by atoms with Gasteiger partial charge in [-0.25, -0.2) is 4.79 Å². The van der Waals surface area contributed by atoms with Gasteiger partial charge in [-0.05, 0) is 53.1 Å². The number of aliphatic carboxylic acids is 1. The van der Waals surface area contributed by atoms with Crippen molar-refractivity contribution in [3.8, 4) is 11.5 Å². The van der Waals surface area contributed by atoms with Crippen molar-refractivity contribution in [1.29, 1.82) is 0 Å². The average Bonchev–Trinajstić information content (AvgIpc) is 3.21. The Labute approximate surface area is 180 Å². The third kappa shape index (κ3) is 6.08. The van der Waals surface area contributed by atoms with Gasteiger partial charge in [0.15, 0.2) is 11.5 Å². The molecule has 3 N–H and O–H groups in total. The van der Waals surface area contributed by atoms with Crippen LogP contribution in [0, 0.1) is 0 Å². The van der Waals surface area contributed by atoms with Gasteiger partial charge in [0.25, 0.3) is 0 Å². The van der Waals surface area contributed by atoms with Gasteiger partial charge in [-0.1, -0.05) is 6.07 Å². The number of aromatic nitrogens is 1. The Hall–Kier alpha value is -2.85. The van der Waals surface area contributed by atoms with Crippen LogP contribution in [-0.2, 0) is 17.9 Å². The fourth-order valence-corrected chi connectivity index (χ4v) is 3.61. The maximum atomic E-state index is 10.6. The van der Waals surface area contributed by atoms with E-state index in [9.17, 15) is 13.2 Å². The van der Waals surface area contributed by atoms with E-state index < -0.39 is 12.1 Å². The van der Waals surface area contributed by atoms with Gasteiger partial charge in [0.05, 0.1) is 0 Å². The number of alkyl halides is 3. The monoisotopic (exact) mass is 454 g/mol. The molecular weight excluding hydrogens is 433 g/mol. The van der Waals surface area contributed by atoms with Crippen molar-refractivity contribution in [2.75, 3.05) is 19.5 Å². The molecule has 1 aliphatic heterocycles. The highest BCUT2D eigenvalue weighted by molar-refractivity contribution is 7.98. The van der Waals surface area contributed by atoms with Crippen molar-refractivity contribution in [2.24, 2.45) is 0 Å². The highest BCUT2D eigenvalue weighted by Crippen LogP contribution is 2.36. The third-order valence-corrected chi connectivity index (χ3v) is 5.27. The number of hydrogen-bond acceptors (Lipinski definition) is 5. The summed E-state index contributed by atoms with van der Waals surface area (Å²) in [6.45, 7) is 2.89. The van der Waals surface area contributed by atoms with Crippen LogP contribution in [-0.4, -0.2) is 41.7 Å². The molecule has 0 amide bonds. The van der Waals surface area contributed by atoms with Gasteiger partial charge in [0.2, 0.25) is 0 Å². The molecule has 6 nitrogen and oxygen atoms in total. The summed E-state index contributed by atoms with van der Waals surface area (Å²) in [6, 6.07) is 12.8. The van der Waals surface area contributed by atoms with Gasteiger partial charge in [0.1, 0.15) is 13.2 Å². The summed E-state index contributed by atoms with van der Waals surface area (Å²) in [7, 11) is 0. The summed E-state index contributed by atoms with van der Waals surface area (Å²) in [5.41, 5.74) is 3.70. The van der Waals surface area contributed by atoms with Crippen LogP contribution >= 0.6 is 11.8 Å². The van der Waals surface area contributed by atoms with Gasteiger partial charge in [-0.3, -0.25) is 0 Å². The van der Waals surface area contributed by atoms with E-state index in [1.54, 1.807) is 11.8 Å². The molecule has 2 heterocycles. The number of hydrogen-bond donors (Lipinski definition) is 3. The number of benzene rings is 2. The molecule has 0 bridgehead atoms. The first-order valence-corrected chi connectivity index (χ1v) is 10.5. The van der Waals surface area contributed by atoms with Crippen molar-refractivity contribution in [1.82, 2.24) is 10.3 Å². The van der Waals surface area contributed by atoms with Crippen molar-refractivity contribution in [2.45, 2.75) is 24.2 Å². The summed E-state index contributed by atoms with van der Waals surface area (Å²) < 4.78 is 43.1. The number of carbonyl (C=O) groups is 1. The predicted molar refractivity (Wildman–Crippen MR) is 112 cm³/mol. The lowest BCUT2D eigenvalue weighted by molar-refractivity contribution is -0.192. The lowest BCUT2D eigenvalue weighted by Gasteiger charge is -2.21. The molecular formula is C21H21F3N2O4S. The van der Waals surface area contributed by atoms with Crippen LogP contribution in [0.2, 0.25) is 0 Å². The maximum absolute atomic E-state index is 10.6. The van der Waals surface area contributed by atoms with E-state index in [1.165, 1.54) is 26.9 Å². The van der Waals surface area contributed by atoms with Gasteiger partial charge in [-0.2, -0.15) is 13.2 Å². The van der Waals surface area contributed by atoms with Crippen molar-refractivity contribution in [3.05, 3.63) is 53.7 Å². The summed E-state index contributed by atoms with van der Waals surface area (Å²) >= 11 is 1.74. The lowest BCUT2D eigenvalue weighted by Crippen LogP contribution is -2.21. The number of carboxylic acid groups (broad SMARTS) is 1. The van der Waals surface area contributed by atoms with E-state index in [0.29, 0.717) is 13.2 Å². The molecule has 0 spiro atoms. The van der Waals surface area contributed by atoms with Gasteiger partial charge in [-0.15, -0.1) is 11.8 Å². The number of ether oxygens (including phenoxy) is 2. The number of thioether (sulfide) groups is 1. The molecule has 0 aliphatic carbocycles. The molecule has 166 valence electrons. The first-order valence-electron chi connectivity index (χ1n) is 9.31. The molecule has 10 heteroatoms. The van der Waals surface area contributed by atoms with E-state index in [-0.39, 0.29) is 0 Å². The second kappa shape index (κ2) is 9.97. The van der Waals surface area contributed by atoms with Crippen LogP contribution in [0.1, 0.15) is 11.1 Å². The van der Waals surface area contributed by atoms with Crippen LogP contribution in [0.25, 0.3) is 10.9 Å².